The lowest BCUT2D eigenvalue weighted by atomic mass is 10.2. The Morgan fingerprint density at radius 1 is 1.17 bits per heavy atom. The van der Waals surface area contributed by atoms with Crippen LogP contribution in [0.1, 0.15) is 19.7 Å². The van der Waals surface area contributed by atoms with Crippen molar-refractivity contribution in [1.82, 2.24) is 9.36 Å². The maximum atomic E-state index is 12.2. The molecule has 0 saturated carbocycles. The summed E-state index contributed by atoms with van der Waals surface area (Å²) in [4.78, 5) is 29.3. The van der Waals surface area contributed by atoms with Crippen LogP contribution in [0.5, 0.6) is 0 Å². The van der Waals surface area contributed by atoms with E-state index >= 15 is 0 Å². The smallest absolute Gasteiger partial charge is 0.243 e. The third-order valence-electron chi connectivity index (χ3n) is 2.99. The van der Waals surface area contributed by atoms with Gasteiger partial charge >= 0.3 is 0 Å². The van der Waals surface area contributed by atoms with Gasteiger partial charge in [0.2, 0.25) is 16.9 Å². The summed E-state index contributed by atoms with van der Waals surface area (Å²) in [5, 5.41) is 6.24. The average Bonchev–Trinajstić information content (AvgIpc) is 2.92. The Labute approximate surface area is 138 Å². The molecule has 0 radical (unpaired) electrons. The Morgan fingerprint density at radius 2 is 1.78 bits per heavy atom. The van der Waals surface area contributed by atoms with Crippen molar-refractivity contribution < 1.29 is 9.59 Å². The van der Waals surface area contributed by atoms with E-state index in [-0.39, 0.29) is 18.4 Å². The maximum absolute atomic E-state index is 12.2. The van der Waals surface area contributed by atoms with Gasteiger partial charge in [-0.2, -0.15) is 4.37 Å². The van der Waals surface area contributed by atoms with Crippen LogP contribution in [0.15, 0.2) is 24.3 Å². The molecule has 0 aliphatic carbocycles. The topological polar surface area (TPSA) is 87.2 Å². The summed E-state index contributed by atoms with van der Waals surface area (Å²) >= 11 is 1.28. The first kappa shape index (κ1) is 16.9. The number of nitrogens with zero attached hydrogens (tertiary/aromatic N) is 3. The summed E-state index contributed by atoms with van der Waals surface area (Å²) in [6.07, 6.45) is 0. The molecular formula is C15H19N5O2S. The number of likely N-dealkylation sites (N-methyl/N-ethyl adjacent to an activating group) is 1. The Morgan fingerprint density at radius 3 is 2.26 bits per heavy atom. The summed E-state index contributed by atoms with van der Waals surface area (Å²) < 4.78 is 4.13. The number of benzene rings is 1. The molecule has 0 spiro atoms. The van der Waals surface area contributed by atoms with Crippen molar-refractivity contribution in [3.05, 3.63) is 30.1 Å². The Balaban J connectivity index is 1.94. The zero-order valence-corrected chi connectivity index (χ0v) is 14.1. The number of anilines is 3. The van der Waals surface area contributed by atoms with Crippen LogP contribution in [0.25, 0.3) is 0 Å². The van der Waals surface area contributed by atoms with Crippen LogP contribution in [0.3, 0.4) is 0 Å². The number of rotatable bonds is 6. The fourth-order valence-electron chi connectivity index (χ4n) is 1.94. The highest BCUT2D eigenvalue weighted by Crippen LogP contribution is 2.17. The molecule has 0 fully saturated rings. The Hall–Kier alpha value is -2.48. The predicted molar refractivity (Wildman–Crippen MR) is 91.9 cm³/mol. The number of amides is 2. The molecule has 1 heterocycles. The SMILES string of the molecule is CCN(CC(=O)Nc1ccc(NC(C)=O)cc1)c1nc(C)ns1. The van der Waals surface area contributed by atoms with Gasteiger partial charge in [0.1, 0.15) is 5.82 Å². The summed E-state index contributed by atoms with van der Waals surface area (Å²) in [5.41, 5.74) is 1.36. The summed E-state index contributed by atoms with van der Waals surface area (Å²) in [5.74, 6) is 0.442. The Bertz CT molecular complexity index is 683. The molecule has 122 valence electrons. The fraction of sp³-hybridized carbons (Fsp3) is 0.333. The van der Waals surface area contributed by atoms with Crippen LogP contribution >= 0.6 is 11.5 Å². The van der Waals surface area contributed by atoms with Crippen molar-refractivity contribution in [2.75, 3.05) is 28.6 Å². The molecule has 0 aliphatic rings. The quantitative estimate of drug-likeness (QED) is 0.847. The van der Waals surface area contributed by atoms with Crippen molar-refractivity contribution in [1.29, 1.82) is 0 Å². The zero-order valence-electron chi connectivity index (χ0n) is 13.3. The van der Waals surface area contributed by atoms with Crippen molar-refractivity contribution >= 4 is 39.9 Å². The van der Waals surface area contributed by atoms with E-state index < -0.39 is 0 Å². The first-order valence-corrected chi connectivity index (χ1v) is 7.98. The molecule has 23 heavy (non-hydrogen) atoms. The van der Waals surface area contributed by atoms with Gasteiger partial charge in [0, 0.05) is 36.4 Å². The van der Waals surface area contributed by atoms with Crippen LogP contribution in [-0.2, 0) is 9.59 Å². The molecule has 2 N–H and O–H groups in total. The highest BCUT2D eigenvalue weighted by atomic mass is 32.1. The minimum Gasteiger partial charge on any atom is -0.338 e. The van der Waals surface area contributed by atoms with Crippen LogP contribution < -0.4 is 15.5 Å². The predicted octanol–water partition coefficient (Wildman–Crippen LogP) is 2.27. The molecule has 0 unspecified atom stereocenters. The van der Waals surface area contributed by atoms with E-state index in [0.717, 1.165) is 5.13 Å². The van der Waals surface area contributed by atoms with E-state index in [1.807, 2.05) is 18.7 Å². The van der Waals surface area contributed by atoms with E-state index in [9.17, 15) is 9.59 Å². The van der Waals surface area contributed by atoms with Gasteiger partial charge in [-0.25, -0.2) is 4.98 Å². The lowest BCUT2D eigenvalue weighted by molar-refractivity contribution is -0.115. The fourth-order valence-corrected chi connectivity index (χ4v) is 2.68. The van der Waals surface area contributed by atoms with Gasteiger partial charge in [0.25, 0.3) is 0 Å². The number of aromatic nitrogens is 2. The van der Waals surface area contributed by atoms with Gasteiger partial charge in [-0.15, -0.1) is 0 Å². The first-order valence-electron chi connectivity index (χ1n) is 7.20. The Kier molecular flexibility index (Phi) is 5.64. The second-order valence-corrected chi connectivity index (χ2v) is 5.68. The third-order valence-corrected chi connectivity index (χ3v) is 3.86. The molecule has 7 nitrogen and oxygen atoms in total. The second-order valence-electron chi connectivity index (χ2n) is 4.95. The van der Waals surface area contributed by atoms with Crippen molar-refractivity contribution in [3.63, 3.8) is 0 Å². The minimum atomic E-state index is -0.132. The largest absolute Gasteiger partial charge is 0.338 e. The zero-order chi connectivity index (χ0) is 16.8. The number of carbonyl (C=O) groups is 2. The van der Waals surface area contributed by atoms with Crippen molar-refractivity contribution in [2.45, 2.75) is 20.8 Å². The molecule has 2 aromatic rings. The number of carbonyl (C=O) groups excluding carboxylic acids is 2. The van der Waals surface area contributed by atoms with Gasteiger partial charge in [-0.1, -0.05) is 0 Å². The van der Waals surface area contributed by atoms with Gasteiger partial charge in [-0.05, 0) is 38.1 Å². The normalized spacial score (nSPS) is 10.2. The second kappa shape index (κ2) is 7.68. The molecule has 1 aromatic carbocycles. The third kappa shape index (κ3) is 5.03. The molecule has 1 aromatic heterocycles. The van der Waals surface area contributed by atoms with Gasteiger partial charge in [0.05, 0.1) is 6.54 Å². The van der Waals surface area contributed by atoms with E-state index in [2.05, 4.69) is 20.0 Å². The molecule has 0 aliphatic heterocycles. The van der Waals surface area contributed by atoms with Crippen LogP contribution in [-0.4, -0.2) is 34.3 Å². The lowest BCUT2D eigenvalue weighted by Gasteiger charge is -2.18. The molecule has 0 atom stereocenters. The molecule has 0 bridgehead atoms. The van der Waals surface area contributed by atoms with Gasteiger partial charge < -0.3 is 15.5 Å². The maximum Gasteiger partial charge on any atom is 0.243 e. The highest BCUT2D eigenvalue weighted by Gasteiger charge is 2.13. The molecular weight excluding hydrogens is 314 g/mol. The van der Waals surface area contributed by atoms with Crippen LogP contribution in [0.4, 0.5) is 16.5 Å². The van der Waals surface area contributed by atoms with Gasteiger partial charge in [0.15, 0.2) is 0 Å². The number of aryl methyl sites for hydroxylation is 1. The number of hydrogen-bond donors (Lipinski definition) is 2. The molecule has 0 saturated heterocycles. The molecule has 2 rings (SSSR count). The van der Waals surface area contributed by atoms with E-state index in [4.69, 9.17) is 0 Å². The highest BCUT2D eigenvalue weighted by molar-refractivity contribution is 7.09. The lowest BCUT2D eigenvalue weighted by Crippen LogP contribution is -2.33. The average molecular weight is 333 g/mol. The molecule has 2 amide bonds. The van der Waals surface area contributed by atoms with E-state index in [1.165, 1.54) is 18.5 Å². The number of hydrogen-bond acceptors (Lipinski definition) is 6. The van der Waals surface area contributed by atoms with Crippen molar-refractivity contribution in [3.8, 4) is 0 Å². The van der Waals surface area contributed by atoms with E-state index in [0.29, 0.717) is 23.7 Å². The molecule has 8 heteroatoms. The standard InChI is InChI=1S/C15H19N5O2S/c1-4-20(15-16-10(2)19-23-15)9-14(22)18-13-7-5-12(6-8-13)17-11(3)21/h5-8H,4,9H2,1-3H3,(H,17,21)(H,18,22). The summed E-state index contributed by atoms with van der Waals surface area (Å²) in [6.45, 7) is 6.11. The van der Waals surface area contributed by atoms with Crippen LogP contribution in [0.2, 0.25) is 0 Å². The van der Waals surface area contributed by atoms with Crippen LogP contribution in [0, 0.1) is 6.92 Å². The minimum absolute atomic E-state index is 0.132. The van der Waals surface area contributed by atoms with E-state index in [1.54, 1.807) is 24.3 Å². The first-order chi connectivity index (χ1) is 11.0. The van der Waals surface area contributed by atoms with Crippen molar-refractivity contribution in [2.24, 2.45) is 0 Å². The summed E-state index contributed by atoms with van der Waals surface area (Å²) in [7, 11) is 0. The number of nitrogens with one attached hydrogen (secondary N) is 2. The monoisotopic (exact) mass is 333 g/mol. The summed E-state index contributed by atoms with van der Waals surface area (Å²) in [6, 6.07) is 6.97. The van der Waals surface area contributed by atoms with Gasteiger partial charge in [-0.3, -0.25) is 9.59 Å².